The molecule has 0 saturated heterocycles. The summed E-state index contributed by atoms with van der Waals surface area (Å²) in [6, 6.07) is 6.03. The molecule has 0 aromatic heterocycles. The van der Waals surface area contributed by atoms with Crippen LogP contribution in [0.1, 0.15) is 60.5 Å². The molecule has 1 amide bonds. The maximum Gasteiger partial charge on any atom is 0.220 e. The Labute approximate surface area is 151 Å². The van der Waals surface area contributed by atoms with E-state index in [9.17, 15) is 9.59 Å². The van der Waals surface area contributed by atoms with Crippen molar-refractivity contribution in [2.45, 2.75) is 51.9 Å². The minimum atomic E-state index is -0.0467. The van der Waals surface area contributed by atoms with Gasteiger partial charge >= 0.3 is 0 Å². The van der Waals surface area contributed by atoms with Crippen molar-refractivity contribution in [2.75, 3.05) is 19.6 Å². The molecule has 24 heavy (non-hydrogen) atoms. The molecule has 1 aromatic carbocycles. The minimum absolute atomic E-state index is 0. The Morgan fingerprint density at radius 2 is 1.75 bits per heavy atom. The van der Waals surface area contributed by atoms with Crippen LogP contribution in [0.25, 0.3) is 0 Å². The van der Waals surface area contributed by atoms with Gasteiger partial charge in [-0.3, -0.25) is 9.59 Å². The number of hydrogen-bond acceptors (Lipinski definition) is 3. The molecule has 0 bridgehead atoms. The van der Waals surface area contributed by atoms with Crippen molar-refractivity contribution in [1.82, 2.24) is 10.6 Å². The monoisotopic (exact) mass is 352 g/mol. The molecule has 0 fully saturated rings. The molecule has 0 aliphatic heterocycles. The van der Waals surface area contributed by atoms with E-state index in [0.29, 0.717) is 6.54 Å². The van der Waals surface area contributed by atoms with Crippen LogP contribution in [0.3, 0.4) is 0 Å². The zero-order valence-corrected chi connectivity index (χ0v) is 15.3. The van der Waals surface area contributed by atoms with Gasteiger partial charge in [0.25, 0.3) is 0 Å². The summed E-state index contributed by atoms with van der Waals surface area (Å²) in [5, 5.41) is 6.07. The van der Waals surface area contributed by atoms with E-state index in [-0.39, 0.29) is 36.9 Å². The first-order chi connectivity index (χ1) is 11.2. The smallest absolute Gasteiger partial charge is 0.220 e. The molecule has 0 radical (unpaired) electrons. The SMILES string of the molecule is CCCNCCNC(=O)CCC(=O)c1ccc2c(c1)CCCC2.Cl. The molecular formula is C19H29ClN2O2. The summed E-state index contributed by atoms with van der Waals surface area (Å²) in [5.41, 5.74) is 3.45. The van der Waals surface area contributed by atoms with Crippen molar-refractivity contribution < 1.29 is 9.59 Å². The topological polar surface area (TPSA) is 58.2 Å². The second-order valence-corrected chi connectivity index (χ2v) is 6.21. The summed E-state index contributed by atoms with van der Waals surface area (Å²) in [5.74, 6) is 0.0206. The average molecular weight is 353 g/mol. The van der Waals surface area contributed by atoms with Crippen molar-refractivity contribution in [3.05, 3.63) is 34.9 Å². The first-order valence-corrected chi connectivity index (χ1v) is 8.83. The lowest BCUT2D eigenvalue weighted by atomic mass is 9.89. The maximum atomic E-state index is 12.3. The molecule has 2 rings (SSSR count). The molecule has 1 aliphatic carbocycles. The number of rotatable bonds is 9. The van der Waals surface area contributed by atoms with E-state index in [4.69, 9.17) is 0 Å². The molecule has 0 heterocycles. The Kier molecular flexibility index (Phi) is 9.65. The van der Waals surface area contributed by atoms with E-state index >= 15 is 0 Å². The van der Waals surface area contributed by atoms with E-state index < -0.39 is 0 Å². The third-order valence-corrected chi connectivity index (χ3v) is 4.30. The predicted octanol–water partition coefficient (Wildman–Crippen LogP) is 3.07. The molecule has 0 saturated carbocycles. The van der Waals surface area contributed by atoms with Crippen molar-refractivity contribution >= 4 is 24.1 Å². The fraction of sp³-hybridized carbons (Fsp3) is 0.579. The Balaban J connectivity index is 0.00000288. The van der Waals surface area contributed by atoms with Gasteiger partial charge in [-0.1, -0.05) is 19.1 Å². The standard InChI is InChI=1S/C19H28N2O2.ClH/c1-2-11-20-12-13-21-19(23)10-9-18(22)17-8-7-15-5-3-4-6-16(15)14-17;/h7-8,14,20H,2-6,9-13H2,1H3,(H,21,23);1H. The lowest BCUT2D eigenvalue weighted by molar-refractivity contribution is -0.121. The number of carbonyl (C=O) groups is 2. The molecule has 1 aliphatic rings. The van der Waals surface area contributed by atoms with E-state index in [2.05, 4.69) is 23.6 Å². The van der Waals surface area contributed by atoms with Gasteiger partial charge in [0.1, 0.15) is 0 Å². The zero-order chi connectivity index (χ0) is 16.5. The number of nitrogens with one attached hydrogen (secondary N) is 2. The summed E-state index contributed by atoms with van der Waals surface area (Å²) in [6.07, 6.45) is 6.28. The summed E-state index contributed by atoms with van der Waals surface area (Å²) >= 11 is 0. The number of benzene rings is 1. The Hall–Kier alpha value is -1.39. The highest BCUT2D eigenvalue weighted by Gasteiger charge is 2.13. The minimum Gasteiger partial charge on any atom is -0.355 e. The molecule has 0 atom stereocenters. The first-order valence-electron chi connectivity index (χ1n) is 8.83. The largest absolute Gasteiger partial charge is 0.355 e. The summed E-state index contributed by atoms with van der Waals surface area (Å²) in [4.78, 5) is 24.0. The number of Topliss-reactive ketones (excluding diaryl/α,β-unsaturated/α-hetero) is 1. The molecule has 4 nitrogen and oxygen atoms in total. The Morgan fingerprint density at radius 3 is 2.50 bits per heavy atom. The van der Waals surface area contributed by atoms with E-state index in [1.807, 2.05) is 12.1 Å². The van der Waals surface area contributed by atoms with E-state index in [0.717, 1.165) is 37.9 Å². The fourth-order valence-corrected chi connectivity index (χ4v) is 2.96. The van der Waals surface area contributed by atoms with Gasteiger partial charge in [0, 0.05) is 31.5 Å². The average Bonchev–Trinajstić information content (AvgIpc) is 2.59. The normalized spacial score (nSPS) is 12.9. The van der Waals surface area contributed by atoms with Crippen molar-refractivity contribution in [1.29, 1.82) is 0 Å². The van der Waals surface area contributed by atoms with Crippen LogP contribution >= 0.6 is 12.4 Å². The number of halogens is 1. The molecular weight excluding hydrogens is 324 g/mol. The van der Waals surface area contributed by atoms with Crippen LogP contribution in [0.4, 0.5) is 0 Å². The predicted molar refractivity (Wildman–Crippen MR) is 100 cm³/mol. The van der Waals surface area contributed by atoms with Crippen molar-refractivity contribution in [3.8, 4) is 0 Å². The van der Waals surface area contributed by atoms with Crippen molar-refractivity contribution in [2.24, 2.45) is 0 Å². The van der Waals surface area contributed by atoms with Crippen LogP contribution in [0.5, 0.6) is 0 Å². The van der Waals surface area contributed by atoms with Crippen LogP contribution in [0, 0.1) is 0 Å². The number of amides is 1. The molecule has 0 unspecified atom stereocenters. The van der Waals surface area contributed by atoms with Crippen LogP contribution in [0.2, 0.25) is 0 Å². The molecule has 2 N–H and O–H groups in total. The Bertz CT molecular complexity index is 546. The number of carbonyl (C=O) groups excluding carboxylic acids is 2. The van der Waals surface area contributed by atoms with Gasteiger partial charge < -0.3 is 10.6 Å². The highest BCUT2D eigenvalue weighted by molar-refractivity contribution is 5.98. The van der Waals surface area contributed by atoms with Crippen LogP contribution in [0.15, 0.2) is 18.2 Å². The first kappa shape index (κ1) is 20.7. The number of aryl methyl sites for hydroxylation is 2. The summed E-state index contributed by atoms with van der Waals surface area (Å²) in [7, 11) is 0. The highest BCUT2D eigenvalue weighted by atomic mass is 35.5. The van der Waals surface area contributed by atoms with E-state index in [1.54, 1.807) is 0 Å². The van der Waals surface area contributed by atoms with Gasteiger partial charge in [-0.05, 0) is 55.8 Å². The zero-order valence-electron chi connectivity index (χ0n) is 14.5. The lowest BCUT2D eigenvalue weighted by Gasteiger charge is -2.16. The van der Waals surface area contributed by atoms with Gasteiger partial charge in [0.05, 0.1) is 0 Å². The van der Waals surface area contributed by atoms with E-state index in [1.165, 1.54) is 24.0 Å². The van der Waals surface area contributed by atoms with Gasteiger partial charge in [-0.15, -0.1) is 12.4 Å². The van der Waals surface area contributed by atoms with Gasteiger partial charge in [0.15, 0.2) is 5.78 Å². The number of ketones is 1. The molecule has 0 spiro atoms. The molecule has 1 aromatic rings. The third-order valence-electron chi connectivity index (χ3n) is 4.30. The summed E-state index contributed by atoms with van der Waals surface area (Å²) in [6.45, 7) is 4.47. The fourth-order valence-electron chi connectivity index (χ4n) is 2.96. The molecule has 5 heteroatoms. The van der Waals surface area contributed by atoms with Crippen LogP contribution in [-0.4, -0.2) is 31.3 Å². The van der Waals surface area contributed by atoms with Crippen molar-refractivity contribution in [3.63, 3.8) is 0 Å². The second kappa shape index (κ2) is 11.2. The quantitative estimate of drug-likeness (QED) is 0.530. The number of hydrogen-bond donors (Lipinski definition) is 2. The second-order valence-electron chi connectivity index (χ2n) is 6.21. The van der Waals surface area contributed by atoms with Gasteiger partial charge in [-0.2, -0.15) is 0 Å². The highest BCUT2D eigenvalue weighted by Crippen LogP contribution is 2.22. The maximum absolute atomic E-state index is 12.3. The number of fused-ring (bicyclic) bond motifs is 1. The Morgan fingerprint density at radius 1 is 1.00 bits per heavy atom. The van der Waals surface area contributed by atoms with Gasteiger partial charge in [-0.25, -0.2) is 0 Å². The third kappa shape index (κ3) is 6.62. The van der Waals surface area contributed by atoms with Crippen LogP contribution in [-0.2, 0) is 17.6 Å². The van der Waals surface area contributed by atoms with Gasteiger partial charge in [0.2, 0.25) is 5.91 Å². The van der Waals surface area contributed by atoms with Crippen LogP contribution < -0.4 is 10.6 Å². The lowest BCUT2D eigenvalue weighted by Crippen LogP contribution is -2.32. The molecule has 134 valence electrons. The summed E-state index contributed by atoms with van der Waals surface area (Å²) < 4.78 is 0.